The highest BCUT2D eigenvalue weighted by molar-refractivity contribution is 5.77. The van der Waals surface area contributed by atoms with Crippen molar-refractivity contribution < 1.29 is 4.79 Å². The number of nitrogens with zero attached hydrogens (tertiary/aromatic N) is 3. The fourth-order valence-electron chi connectivity index (χ4n) is 3.30. The Bertz CT molecular complexity index is 748. The van der Waals surface area contributed by atoms with Crippen LogP contribution in [0.1, 0.15) is 44.9 Å². The molecule has 0 aliphatic carbocycles. The lowest BCUT2D eigenvalue weighted by atomic mass is 10.1. The van der Waals surface area contributed by atoms with Gasteiger partial charge in [-0.3, -0.25) is 14.2 Å². The van der Waals surface area contributed by atoms with Crippen LogP contribution in [0.25, 0.3) is 10.9 Å². The highest BCUT2D eigenvalue weighted by Gasteiger charge is 2.15. The van der Waals surface area contributed by atoms with E-state index in [0.717, 1.165) is 50.7 Å². The van der Waals surface area contributed by atoms with Crippen LogP contribution in [-0.2, 0) is 11.3 Å². The van der Waals surface area contributed by atoms with Crippen molar-refractivity contribution in [3.05, 3.63) is 40.9 Å². The van der Waals surface area contributed by atoms with Crippen LogP contribution in [0.5, 0.6) is 0 Å². The van der Waals surface area contributed by atoms with Crippen LogP contribution in [0, 0.1) is 0 Å². The molecule has 24 heavy (non-hydrogen) atoms. The minimum absolute atomic E-state index is 0.0185. The molecule has 0 bridgehead atoms. The minimum atomic E-state index is 0.0185. The smallest absolute Gasteiger partial charge is 0.261 e. The number of hydrogen-bond acceptors (Lipinski definition) is 3. The SMILES string of the molecule is O=C(CCCCCn1cnc2ccccc2c1=O)N1CCCCC1. The van der Waals surface area contributed by atoms with Gasteiger partial charge >= 0.3 is 0 Å². The van der Waals surface area contributed by atoms with Gasteiger partial charge in [0.05, 0.1) is 17.2 Å². The molecule has 0 spiro atoms. The molecule has 3 rings (SSSR count). The van der Waals surface area contributed by atoms with Gasteiger partial charge in [-0.25, -0.2) is 4.98 Å². The molecule has 1 aromatic carbocycles. The lowest BCUT2D eigenvalue weighted by Gasteiger charge is -2.26. The summed E-state index contributed by atoms with van der Waals surface area (Å²) >= 11 is 0. The fourth-order valence-corrected chi connectivity index (χ4v) is 3.30. The molecular weight excluding hydrogens is 302 g/mol. The van der Waals surface area contributed by atoms with Gasteiger partial charge < -0.3 is 4.90 Å². The monoisotopic (exact) mass is 327 g/mol. The number of benzene rings is 1. The summed E-state index contributed by atoms with van der Waals surface area (Å²) in [5, 5.41) is 0.667. The van der Waals surface area contributed by atoms with Crippen LogP contribution in [0.3, 0.4) is 0 Å². The van der Waals surface area contributed by atoms with Gasteiger partial charge in [0, 0.05) is 26.1 Å². The summed E-state index contributed by atoms with van der Waals surface area (Å²) in [6, 6.07) is 7.42. The van der Waals surface area contributed by atoms with Gasteiger partial charge in [0.1, 0.15) is 0 Å². The summed E-state index contributed by atoms with van der Waals surface area (Å²) < 4.78 is 1.68. The minimum Gasteiger partial charge on any atom is -0.343 e. The number of carbonyl (C=O) groups excluding carboxylic acids is 1. The first-order valence-corrected chi connectivity index (χ1v) is 8.98. The van der Waals surface area contributed by atoms with E-state index >= 15 is 0 Å². The molecule has 1 aromatic heterocycles. The Balaban J connectivity index is 1.44. The molecule has 1 aliphatic rings. The third-order valence-corrected chi connectivity index (χ3v) is 4.73. The Morgan fingerprint density at radius 2 is 1.83 bits per heavy atom. The number of fused-ring (bicyclic) bond motifs is 1. The molecule has 1 aliphatic heterocycles. The summed E-state index contributed by atoms with van der Waals surface area (Å²) in [4.78, 5) is 30.8. The van der Waals surface area contributed by atoms with E-state index < -0.39 is 0 Å². The molecule has 1 amide bonds. The highest BCUT2D eigenvalue weighted by Crippen LogP contribution is 2.12. The van der Waals surface area contributed by atoms with Crippen molar-refractivity contribution in [3.63, 3.8) is 0 Å². The molecule has 5 nitrogen and oxygen atoms in total. The van der Waals surface area contributed by atoms with E-state index in [4.69, 9.17) is 0 Å². The van der Waals surface area contributed by atoms with Crippen LogP contribution in [0.2, 0.25) is 0 Å². The predicted octanol–water partition coefficient (Wildman–Crippen LogP) is 2.97. The van der Waals surface area contributed by atoms with Gasteiger partial charge in [-0.1, -0.05) is 18.6 Å². The van der Waals surface area contributed by atoms with Crippen molar-refractivity contribution in [2.24, 2.45) is 0 Å². The molecular formula is C19H25N3O2. The van der Waals surface area contributed by atoms with Crippen LogP contribution in [-0.4, -0.2) is 33.4 Å². The van der Waals surface area contributed by atoms with Crippen molar-refractivity contribution in [1.82, 2.24) is 14.5 Å². The normalized spacial score (nSPS) is 14.9. The molecule has 0 unspecified atom stereocenters. The first-order valence-electron chi connectivity index (χ1n) is 8.98. The highest BCUT2D eigenvalue weighted by atomic mass is 16.2. The largest absolute Gasteiger partial charge is 0.343 e. The lowest BCUT2D eigenvalue weighted by molar-refractivity contribution is -0.132. The molecule has 2 aromatic rings. The molecule has 0 radical (unpaired) electrons. The van der Waals surface area contributed by atoms with E-state index in [2.05, 4.69) is 4.98 Å². The Hall–Kier alpha value is -2.17. The number of amides is 1. The standard InChI is InChI=1S/C19H25N3O2/c23-18(21-12-7-2-8-13-21)11-3-1-6-14-22-15-20-17-10-5-4-9-16(17)19(22)24/h4-5,9-10,15H,1-3,6-8,11-14H2. The van der Waals surface area contributed by atoms with Crippen molar-refractivity contribution >= 4 is 16.8 Å². The maximum Gasteiger partial charge on any atom is 0.261 e. The topological polar surface area (TPSA) is 55.2 Å². The summed E-state index contributed by atoms with van der Waals surface area (Å²) in [5.74, 6) is 0.291. The molecule has 0 saturated carbocycles. The van der Waals surface area contributed by atoms with E-state index in [0.29, 0.717) is 24.3 Å². The van der Waals surface area contributed by atoms with Gasteiger partial charge in [-0.05, 0) is 44.2 Å². The first-order chi connectivity index (χ1) is 11.8. The number of aromatic nitrogens is 2. The number of unbranched alkanes of at least 4 members (excludes halogenated alkanes) is 2. The number of aryl methyl sites for hydroxylation is 1. The second-order valence-corrected chi connectivity index (χ2v) is 6.51. The van der Waals surface area contributed by atoms with Gasteiger partial charge in [-0.2, -0.15) is 0 Å². The summed E-state index contributed by atoms with van der Waals surface area (Å²) in [6.07, 6.45) is 8.54. The third-order valence-electron chi connectivity index (χ3n) is 4.73. The lowest BCUT2D eigenvalue weighted by Crippen LogP contribution is -2.35. The van der Waals surface area contributed by atoms with Gasteiger partial charge in [0.15, 0.2) is 0 Å². The molecule has 0 N–H and O–H groups in total. The van der Waals surface area contributed by atoms with Crippen LogP contribution < -0.4 is 5.56 Å². The summed E-state index contributed by atoms with van der Waals surface area (Å²) in [7, 11) is 0. The molecule has 0 atom stereocenters. The summed E-state index contributed by atoms with van der Waals surface area (Å²) in [6.45, 7) is 2.52. The Labute approximate surface area is 142 Å². The van der Waals surface area contributed by atoms with Crippen molar-refractivity contribution in [3.8, 4) is 0 Å². The third kappa shape index (κ3) is 4.02. The number of piperidine rings is 1. The molecule has 2 heterocycles. The van der Waals surface area contributed by atoms with E-state index in [1.807, 2.05) is 29.2 Å². The van der Waals surface area contributed by atoms with E-state index in [-0.39, 0.29) is 5.56 Å². The Morgan fingerprint density at radius 1 is 1.04 bits per heavy atom. The maximum absolute atomic E-state index is 12.4. The van der Waals surface area contributed by atoms with E-state index in [9.17, 15) is 9.59 Å². The Kier molecular flexibility index (Phi) is 5.62. The van der Waals surface area contributed by atoms with Crippen molar-refractivity contribution in [2.45, 2.75) is 51.5 Å². The van der Waals surface area contributed by atoms with Gasteiger partial charge in [0.25, 0.3) is 5.56 Å². The fraction of sp³-hybridized carbons (Fsp3) is 0.526. The van der Waals surface area contributed by atoms with Crippen LogP contribution in [0.4, 0.5) is 0 Å². The average molecular weight is 327 g/mol. The zero-order chi connectivity index (χ0) is 16.8. The first kappa shape index (κ1) is 16.7. The average Bonchev–Trinajstić information content (AvgIpc) is 2.64. The molecule has 1 fully saturated rings. The second kappa shape index (κ2) is 8.08. The number of likely N-dealkylation sites (tertiary alicyclic amines) is 1. The van der Waals surface area contributed by atoms with Crippen molar-refractivity contribution in [2.75, 3.05) is 13.1 Å². The number of rotatable bonds is 6. The van der Waals surface area contributed by atoms with Crippen LogP contribution in [0.15, 0.2) is 35.4 Å². The quantitative estimate of drug-likeness (QED) is 0.767. The number of hydrogen-bond donors (Lipinski definition) is 0. The molecule has 5 heteroatoms. The Morgan fingerprint density at radius 3 is 2.67 bits per heavy atom. The van der Waals surface area contributed by atoms with E-state index in [1.54, 1.807) is 10.9 Å². The maximum atomic E-state index is 12.4. The van der Waals surface area contributed by atoms with Crippen molar-refractivity contribution in [1.29, 1.82) is 0 Å². The second-order valence-electron chi connectivity index (χ2n) is 6.51. The summed E-state index contributed by atoms with van der Waals surface area (Å²) in [5.41, 5.74) is 0.760. The van der Waals surface area contributed by atoms with Gasteiger partial charge in [0.2, 0.25) is 5.91 Å². The zero-order valence-corrected chi connectivity index (χ0v) is 14.1. The molecule has 1 saturated heterocycles. The van der Waals surface area contributed by atoms with Gasteiger partial charge in [-0.15, -0.1) is 0 Å². The van der Waals surface area contributed by atoms with Crippen LogP contribution >= 0.6 is 0 Å². The number of para-hydroxylation sites is 1. The number of carbonyl (C=O) groups is 1. The molecule has 128 valence electrons. The van der Waals surface area contributed by atoms with E-state index in [1.165, 1.54) is 6.42 Å². The zero-order valence-electron chi connectivity index (χ0n) is 14.1. The predicted molar refractivity (Wildman–Crippen MR) is 94.9 cm³/mol.